The van der Waals surface area contributed by atoms with Gasteiger partial charge in [0.1, 0.15) is 6.61 Å². The molecule has 162 valence electrons. The Hall–Kier alpha value is -3.62. The molecule has 1 heterocycles. The van der Waals surface area contributed by atoms with E-state index in [1.54, 1.807) is 30.5 Å². The minimum atomic E-state index is -4.73. The van der Waals surface area contributed by atoms with Gasteiger partial charge in [-0.3, -0.25) is 9.48 Å². The smallest absolute Gasteiger partial charge is 0.396 e. The minimum absolute atomic E-state index is 0.386. The van der Waals surface area contributed by atoms with E-state index in [0.717, 1.165) is 28.4 Å². The zero-order valence-corrected chi connectivity index (χ0v) is 17.0. The molecule has 0 aliphatic rings. The van der Waals surface area contributed by atoms with E-state index in [4.69, 9.17) is 4.84 Å². The number of aryl methyl sites for hydroxylation is 1. The maximum Gasteiger partial charge on any atom is 0.435 e. The molecule has 0 bridgehead atoms. The molecule has 0 fully saturated rings. The average molecular weight is 430 g/mol. The molecule has 1 amide bonds. The van der Waals surface area contributed by atoms with E-state index in [1.807, 2.05) is 31.2 Å². The highest BCUT2D eigenvalue weighted by Gasteiger charge is 2.39. The molecule has 0 saturated carbocycles. The second-order valence-electron chi connectivity index (χ2n) is 6.75. The Kier molecular flexibility index (Phi) is 6.74. The maximum atomic E-state index is 13.2. The lowest BCUT2D eigenvalue weighted by Gasteiger charge is -2.12. The van der Waals surface area contributed by atoms with Gasteiger partial charge in [-0.05, 0) is 23.6 Å². The van der Waals surface area contributed by atoms with Crippen LogP contribution in [0.4, 0.5) is 18.9 Å². The van der Waals surface area contributed by atoms with Crippen molar-refractivity contribution in [1.29, 1.82) is 0 Å². The van der Waals surface area contributed by atoms with Crippen LogP contribution in [0, 0.1) is 0 Å². The topological polar surface area (TPSA) is 68.5 Å². The van der Waals surface area contributed by atoms with Crippen LogP contribution in [0.5, 0.6) is 0 Å². The van der Waals surface area contributed by atoms with E-state index < -0.39 is 23.3 Å². The van der Waals surface area contributed by atoms with Crippen molar-refractivity contribution in [1.82, 2.24) is 9.78 Å². The average Bonchev–Trinajstić information content (AvgIpc) is 3.15. The van der Waals surface area contributed by atoms with Gasteiger partial charge in [-0.2, -0.15) is 18.3 Å². The van der Waals surface area contributed by atoms with Crippen molar-refractivity contribution >= 4 is 17.8 Å². The number of hydrogen-bond acceptors (Lipinski definition) is 4. The lowest BCUT2D eigenvalue weighted by molar-refractivity contribution is -0.141. The first-order valence-corrected chi connectivity index (χ1v) is 9.56. The number of benzene rings is 2. The third-order valence-electron chi connectivity index (χ3n) is 4.31. The Bertz CT molecular complexity index is 1070. The van der Waals surface area contributed by atoms with E-state index in [1.165, 1.54) is 7.05 Å². The number of nitrogens with one attached hydrogen (secondary N) is 1. The fraction of sp³-hybridized carbons (Fsp3) is 0.227. The van der Waals surface area contributed by atoms with Gasteiger partial charge < -0.3 is 10.2 Å². The van der Waals surface area contributed by atoms with Crippen molar-refractivity contribution < 1.29 is 22.8 Å². The summed E-state index contributed by atoms with van der Waals surface area (Å²) in [6.45, 7) is 2.52. The van der Waals surface area contributed by atoms with Gasteiger partial charge in [-0.1, -0.05) is 54.5 Å². The summed E-state index contributed by atoms with van der Waals surface area (Å²) in [5, 5.41) is 9.83. The summed E-state index contributed by atoms with van der Waals surface area (Å²) in [7, 11) is 1.33. The molecule has 0 aliphatic carbocycles. The Morgan fingerprint density at radius 2 is 1.90 bits per heavy atom. The molecule has 0 saturated heterocycles. The summed E-state index contributed by atoms with van der Waals surface area (Å²) in [4.78, 5) is 17.7. The maximum absolute atomic E-state index is 13.2. The van der Waals surface area contributed by atoms with Crippen molar-refractivity contribution in [3.05, 3.63) is 71.5 Å². The largest absolute Gasteiger partial charge is 0.435 e. The zero-order chi connectivity index (χ0) is 22.4. The number of carbonyl (C=O) groups excluding carboxylic acids is 1. The number of amides is 1. The lowest BCUT2D eigenvalue weighted by atomic mass is 10.0. The summed E-state index contributed by atoms with van der Waals surface area (Å²) in [6.07, 6.45) is -1.22. The van der Waals surface area contributed by atoms with Gasteiger partial charge in [0.25, 0.3) is 5.91 Å². The van der Waals surface area contributed by atoms with Crippen LogP contribution >= 0.6 is 0 Å². The first-order valence-electron chi connectivity index (χ1n) is 9.56. The molecular weight excluding hydrogens is 409 g/mol. The van der Waals surface area contributed by atoms with Gasteiger partial charge >= 0.3 is 6.18 Å². The van der Waals surface area contributed by atoms with Crippen LogP contribution in [-0.2, 0) is 18.1 Å². The van der Waals surface area contributed by atoms with Gasteiger partial charge in [0.15, 0.2) is 5.69 Å². The molecule has 0 radical (unpaired) electrons. The van der Waals surface area contributed by atoms with Crippen LogP contribution in [0.25, 0.3) is 11.1 Å². The van der Waals surface area contributed by atoms with Gasteiger partial charge in [0.05, 0.1) is 11.8 Å². The number of oxime groups is 1. The Labute approximate surface area is 177 Å². The third-order valence-corrected chi connectivity index (χ3v) is 4.31. The van der Waals surface area contributed by atoms with Crippen LogP contribution in [0.3, 0.4) is 0 Å². The van der Waals surface area contributed by atoms with Crippen LogP contribution in [0.2, 0.25) is 0 Å². The number of aromatic nitrogens is 2. The molecule has 6 nitrogen and oxygen atoms in total. The highest BCUT2D eigenvalue weighted by molar-refractivity contribution is 6.07. The molecule has 31 heavy (non-hydrogen) atoms. The summed E-state index contributed by atoms with van der Waals surface area (Å²) < 4.78 is 40.6. The van der Waals surface area contributed by atoms with E-state index in [0.29, 0.717) is 17.9 Å². The summed E-state index contributed by atoms with van der Waals surface area (Å²) in [5.41, 5.74) is 0.898. The van der Waals surface area contributed by atoms with Gasteiger partial charge in [-0.15, -0.1) is 0 Å². The van der Waals surface area contributed by atoms with Gasteiger partial charge in [0, 0.05) is 24.5 Å². The van der Waals surface area contributed by atoms with Crippen LogP contribution in [-0.4, -0.2) is 28.5 Å². The number of rotatable bonds is 7. The second-order valence-corrected chi connectivity index (χ2v) is 6.75. The number of nitrogens with zero attached hydrogens (tertiary/aromatic N) is 3. The molecule has 0 aliphatic heterocycles. The SMILES string of the molecule is CCCON=Cc1ccc(-c2ccccc2NC(=O)c2cn(C)nc2C(F)(F)F)cc1. The molecule has 9 heteroatoms. The molecular formula is C22H21F3N4O2. The summed E-state index contributed by atoms with van der Waals surface area (Å²) in [5.74, 6) is -0.885. The van der Waals surface area contributed by atoms with Crippen molar-refractivity contribution in [2.24, 2.45) is 12.2 Å². The van der Waals surface area contributed by atoms with Crippen LogP contribution in [0.15, 0.2) is 59.9 Å². The van der Waals surface area contributed by atoms with Gasteiger partial charge in [0.2, 0.25) is 0 Å². The molecule has 2 aromatic carbocycles. The standard InChI is InChI=1S/C22H21F3N4O2/c1-3-12-31-26-13-15-8-10-16(11-9-15)17-6-4-5-7-19(17)27-21(30)18-14-29(2)28-20(18)22(23,24)25/h4-11,13-14H,3,12H2,1-2H3,(H,27,30). The highest BCUT2D eigenvalue weighted by atomic mass is 19.4. The first kappa shape index (κ1) is 22.1. The quantitative estimate of drug-likeness (QED) is 0.321. The molecule has 3 aromatic rings. The van der Waals surface area contributed by atoms with E-state index in [9.17, 15) is 18.0 Å². The summed E-state index contributed by atoms with van der Waals surface area (Å²) in [6, 6.07) is 14.2. The Balaban J connectivity index is 1.83. The minimum Gasteiger partial charge on any atom is -0.396 e. The van der Waals surface area contributed by atoms with Crippen molar-refractivity contribution in [2.45, 2.75) is 19.5 Å². The monoisotopic (exact) mass is 430 g/mol. The molecule has 0 atom stereocenters. The lowest BCUT2D eigenvalue weighted by Crippen LogP contribution is -2.18. The van der Waals surface area contributed by atoms with E-state index in [-0.39, 0.29) is 0 Å². The number of halogens is 3. The fourth-order valence-corrected chi connectivity index (χ4v) is 2.89. The van der Waals surface area contributed by atoms with Gasteiger partial charge in [-0.25, -0.2) is 0 Å². The predicted octanol–water partition coefficient (Wildman–Crippen LogP) is 5.12. The molecule has 1 N–H and O–H groups in total. The Morgan fingerprint density at radius 3 is 2.58 bits per heavy atom. The Morgan fingerprint density at radius 1 is 1.19 bits per heavy atom. The predicted molar refractivity (Wildman–Crippen MR) is 112 cm³/mol. The van der Waals surface area contributed by atoms with Crippen molar-refractivity contribution in [3.8, 4) is 11.1 Å². The number of hydrogen-bond donors (Lipinski definition) is 1. The normalized spacial score (nSPS) is 11.6. The molecule has 0 spiro atoms. The molecule has 1 aromatic heterocycles. The van der Waals surface area contributed by atoms with E-state index in [2.05, 4.69) is 15.6 Å². The number of para-hydroxylation sites is 1. The van der Waals surface area contributed by atoms with Crippen LogP contribution < -0.4 is 5.32 Å². The van der Waals surface area contributed by atoms with Crippen LogP contribution in [0.1, 0.15) is 35.0 Å². The third kappa shape index (κ3) is 5.50. The zero-order valence-electron chi connectivity index (χ0n) is 17.0. The van der Waals surface area contributed by atoms with Crippen molar-refractivity contribution in [3.63, 3.8) is 0 Å². The van der Waals surface area contributed by atoms with E-state index >= 15 is 0 Å². The number of carbonyl (C=O) groups is 1. The number of alkyl halides is 3. The van der Waals surface area contributed by atoms with Crippen molar-refractivity contribution in [2.75, 3.05) is 11.9 Å². The highest BCUT2D eigenvalue weighted by Crippen LogP contribution is 2.32. The fourth-order valence-electron chi connectivity index (χ4n) is 2.89. The first-order chi connectivity index (χ1) is 14.8. The summed E-state index contributed by atoms with van der Waals surface area (Å²) >= 11 is 0. The number of anilines is 1. The second kappa shape index (κ2) is 9.46. The molecule has 3 rings (SSSR count). The molecule has 0 unspecified atom stereocenters.